The summed E-state index contributed by atoms with van der Waals surface area (Å²) in [5.41, 5.74) is 1.75. The third-order valence-electron chi connectivity index (χ3n) is 6.25. The van der Waals surface area contributed by atoms with Crippen LogP contribution < -0.4 is 0 Å². The number of hydrogen-bond acceptors (Lipinski definition) is 9. The van der Waals surface area contributed by atoms with E-state index in [0.717, 1.165) is 0 Å². The molecule has 0 unspecified atom stereocenters. The third-order valence-corrected chi connectivity index (χ3v) is 6.25. The molecule has 1 aliphatic heterocycles. The maximum atomic E-state index is 12.5. The zero-order valence-corrected chi connectivity index (χ0v) is 19.4. The van der Waals surface area contributed by atoms with Crippen LogP contribution >= 0.6 is 0 Å². The Morgan fingerprint density at radius 2 is 1.89 bits per heavy atom. The second-order valence-electron chi connectivity index (χ2n) is 8.43. The molecule has 0 saturated heterocycles. The molecule has 1 aromatic heterocycles. The number of nitrogens with zero attached hydrogens (tertiary/aromatic N) is 1. The lowest BCUT2D eigenvalue weighted by Gasteiger charge is -2.24. The van der Waals surface area contributed by atoms with Crippen molar-refractivity contribution in [3.8, 4) is 23.0 Å². The predicted octanol–water partition coefficient (Wildman–Crippen LogP) is 3.73. The number of rotatable bonds is 6. The fourth-order valence-corrected chi connectivity index (χ4v) is 4.44. The summed E-state index contributed by atoms with van der Waals surface area (Å²) in [6, 6.07) is 7.34. The van der Waals surface area contributed by atoms with Gasteiger partial charge < -0.3 is 29.9 Å². The molecule has 0 saturated carbocycles. The topological polar surface area (TPSA) is 146 Å². The number of carbonyl (C=O) groups excluding carboxylic acids is 2. The summed E-state index contributed by atoms with van der Waals surface area (Å²) in [5.74, 6) is -3.16. The molecule has 4 rings (SSSR count). The monoisotopic (exact) mass is 479 g/mol. The largest absolute Gasteiger partial charge is 0.508 e. The number of methoxy groups -OCH3 is 1. The Bertz CT molecular complexity index is 1330. The molecule has 3 aromatic rings. The lowest BCUT2D eigenvalue weighted by Crippen LogP contribution is -2.13. The first-order valence-corrected chi connectivity index (χ1v) is 10.9. The Morgan fingerprint density at radius 3 is 2.54 bits per heavy atom. The minimum atomic E-state index is -0.971. The Morgan fingerprint density at radius 1 is 1.14 bits per heavy atom. The normalized spacial score (nSPS) is 15.5. The quantitative estimate of drug-likeness (QED) is 0.307. The van der Waals surface area contributed by atoms with Crippen molar-refractivity contribution in [3.63, 3.8) is 0 Å². The first-order valence-electron chi connectivity index (χ1n) is 10.9. The van der Waals surface area contributed by atoms with Crippen molar-refractivity contribution in [1.29, 1.82) is 0 Å². The van der Waals surface area contributed by atoms with Gasteiger partial charge in [0.15, 0.2) is 5.78 Å². The molecule has 0 spiro atoms. The Labute approximate surface area is 201 Å². The van der Waals surface area contributed by atoms with Crippen LogP contribution in [-0.2, 0) is 20.9 Å². The number of carbonyl (C=O) groups is 2. The highest BCUT2D eigenvalue weighted by Crippen LogP contribution is 2.50. The Kier molecular flexibility index (Phi) is 6.36. The highest BCUT2D eigenvalue weighted by Gasteiger charge is 2.36. The van der Waals surface area contributed by atoms with E-state index in [1.54, 1.807) is 25.3 Å². The molecule has 9 heteroatoms. The van der Waals surface area contributed by atoms with Crippen molar-refractivity contribution >= 4 is 11.8 Å². The van der Waals surface area contributed by atoms with E-state index in [0.29, 0.717) is 22.4 Å². The molecule has 2 atom stereocenters. The molecular formula is C26H25NO8. The maximum absolute atomic E-state index is 12.5. The number of phenols is 3. The average molecular weight is 479 g/mol. The molecule has 2 heterocycles. The number of phenolic OH excluding ortho intramolecular Hbond substituents is 3. The molecule has 0 bridgehead atoms. The zero-order chi connectivity index (χ0) is 25.4. The molecule has 9 nitrogen and oxygen atoms in total. The summed E-state index contributed by atoms with van der Waals surface area (Å²) in [7, 11) is 1.21. The smallest absolute Gasteiger partial charge is 0.306 e. The maximum Gasteiger partial charge on any atom is 0.306 e. The molecule has 35 heavy (non-hydrogen) atoms. The van der Waals surface area contributed by atoms with E-state index in [4.69, 9.17) is 9.47 Å². The molecule has 0 radical (unpaired) electrons. The van der Waals surface area contributed by atoms with Crippen LogP contribution in [0.2, 0.25) is 0 Å². The van der Waals surface area contributed by atoms with Crippen molar-refractivity contribution in [2.45, 2.75) is 38.9 Å². The molecule has 0 fully saturated rings. The van der Waals surface area contributed by atoms with Crippen LogP contribution in [0.5, 0.6) is 23.0 Å². The summed E-state index contributed by atoms with van der Waals surface area (Å²) in [4.78, 5) is 28.9. The fourth-order valence-electron chi connectivity index (χ4n) is 4.44. The van der Waals surface area contributed by atoms with E-state index < -0.39 is 35.3 Å². The number of aromatic nitrogens is 1. The van der Waals surface area contributed by atoms with Gasteiger partial charge in [0.05, 0.1) is 31.4 Å². The number of aryl methyl sites for hydroxylation is 1. The van der Waals surface area contributed by atoms with E-state index in [2.05, 4.69) is 4.98 Å². The highest BCUT2D eigenvalue weighted by atomic mass is 16.5. The van der Waals surface area contributed by atoms with E-state index in [1.165, 1.54) is 32.2 Å². The molecular weight excluding hydrogens is 454 g/mol. The molecule has 0 amide bonds. The lowest BCUT2D eigenvalue weighted by atomic mass is 9.83. The van der Waals surface area contributed by atoms with Crippen molar-refractivity contribution in [3.05, 3.63) is 75.6 Å². The number of hydrogen-bond donors (Lipinski definition) is 4. The minimum Gasteiger partial charge on any atom is -0.508 e. The number of pyridine rings is 1. The van der Waals surface area contributed by atoms with E-state index in [1.807, 2.05) is 0 Å². The van der Waals surface area contributed by atoms with Crippen LogP contribution in [0, 0.1) is 6.92 Å². The number of benzene rings is 2. The van der Waals surface area contributed by atoms with Gasteiger partial charge in [-0.25, -0.2) is 0 Å². The summed E-state index contributed by atoms with van der Waals surface area (Å²) in [6.45, 7) is 3.00. The van der Waals surface area contributed by atoms with Crippen LogP contribution in [0.1, 0.15) is 69.2 Å². The Balaban J connectivity index is 1.99. The number of esters is 1. The van der Waals surface area contributed by atoms with Crippen LogP contribution in [0.25, 0.3) is 0 Å². The first kappa shape index (κ1) is 24.0. The number of fused-ring (bicyclic) bond motifs is 1. The van der Waals surface area contributed by atoms with Crippen LogP contribution in [0.3, 0.4) is 0 Å². The van der Waals surface area contributed by atoms with Crippen molar-refractivity contribution < 1.29 is 39.5 Å². The van der Waals surface area contributed by atoms with Gasteiger partial charge in [-0.05, 0) is 37.6 Å². The second kappa shape index (κ2) is 9.27. The van der Waals surface area contributed by atoms with Crippen LogP contribution in [0.4, 0.5) is 0 Å². The van der Waals surface area contributed by atoms with E-state index >= 15 is 0 Å². The summed E-state index contributed by atoms with van der Waals surface area (Å²) in [5, 5.41) is 43.2. The third kappa shape index (κ3) is 4.26. The van der Waals surface area contributed by atoms with Crippen molar-refractivity contribution in [1.82, 2.24) is 4.98 Å². The summed E-state index contributed by atoms with van der Waals surface area (Å²) >= 11 is 0. The Hall–Kier alpha value is -4.11. The van der Waals surface area contributed by atoms with Gasteiger partial charge in [-0.3, -0.25) is 14.6 Å². The molecule has 4 N–H and O–H groups in total. The summed E-state index contributed by atoms with van der Waals surface area (Å²) < 4.78 is 10.7. The van der Waals surface area contributed by atoms with Gasteiger partial charge in [0.2, 0.25) is 0 Å². The van der Waals surface area contributed by atoms with Gasteiger partial charge in [0.25, 0.3) is 0 Å². The number of aromatic hydroxyl groups is 4. The van der Waals surface area contributed by atoms with Crippen LogP contribution in [0.15, 0.2) is 36.5 Å². The molecule has 182 valence electrons. The SMILES string of the molecule is COC(=O)C[C@@H](c1cccc(O)c1)c1c(O)c(C(C)=O)cc([C@H]2OCc3cnc(C)c(O)c32)c1O. The second-order valence-corrected chi connectivity index (χ2v) is 8.43. The van der Waals surface area contributed by atoms with Gasteiger partial charge in [0.1, 0.15) is 29.1 Å². The molecule has 1 aliphatic rings. The number of Topliss-reactive ketones (excluding diaryl/α,β-unsaturated/α-hetero) is 1. The number of ketones is 1. The van der Waals surface area contributed by atoms with Crippen LogP contribution in [-0.4, -0.2) is 44.3 Å². The fraction of sp³-hybridized carbons (Fsp3) is 0.269. The zero-order valence-electron chi connectivity index (χ0n) is 19.4. The average Bonchev–Trinajstić information content (AvgIpc) is 3.25. The highest BCUT2D eigenvalue weighted by molar-refractivity contribution is 5.98. The van der Waals surface area contributed by atoms with Gasteiger partial charge >= 0.3 is 5.97 Å². The minimum absolute atomic E-state index is 0.0831. The molecule has 0 aliphatic carbocycles. The van der Waals surface area contributed by atoms with E-state index in [9.17, 15) is 30.0 Å². The number of ether oxygens (including phenoxy) is 2. The van der Waals surface area contributed by atoms with Gasteiger partial charge in [0, 0.05) is 34.4 Å². The van der Waals surface area contributed by atoms with Crippen molar-refractivity contribution in [2.75, 3.05) is 7.11 Å². The van der Waals surface area contributed by atoms with Crippen molar-refractivity contribution in [2.24, 2.45) is 0 Å². The summed E-state index contributed by atoms with van der Waals surface area (Å²) in [6.07, 6.45) is 0.326. The first-order chi connectivity index (χ1) is 16.6. The van der Waals surface area contributed by atoms with E-state index in [-0.39, 0.29) is 41.2 Å². The lowest BCUT2D eigenvalue weighted by molar-refractivity contribution is -0.140. The van der Waals surface area contributed by atoms with Gasteiger partial charge in [-0.15, -0.1) is 0 Å². The molecule has 2 aromatic carbocycles. The predicted molar refractivity (Wildman–Crippen MR) is 124 cm³/mol. The van der Waals surface area contributed by atoms with Gasteiger partial charge in [-0.2, -0.15) is 0 Å². The standard InChI is InChI=1S/C26H25NO8/c1-12-23(31)21-15(10-27-12)11-35-26(21)19-8-17(13(2)28)24(32)22(25(19)33)18(9-20(30)34-3)14-5-4-6-16(29)7-14/h4-8,10,18,26,29,31-33H,9,11H2,1-3H3/t18-,26+/m0/s1. The van der Waals surface area contributed by atoms with Gasteiger partial charge in [-0.1, -0.05) is 12.1 Å².